The number of rotatable bonds is 7. The fourth-order valence-electron chi connectivity index (χ4n) is 8.08. The number of aromatic hydroxyl groups is 1. The van der Waals surface area contributed by atoms with Crippen molar-refractivity contribution in [3.8, 4) is 28.8 Å². The maximum absolute atomic E-state index is 17.4. The van der Waals surface area contributed by atoms with E-state index in [0.717, 1.165) is 48.6 Å². The lowest BCUT2D eigenvalue weighted by molar-refractivity contribution is 0.195. The van der Waals surface area contributed by atoms with E-state index in [1.54, 1.807) is 19.1 Å². The molecule has 5 atom stereocenters. The molecule has 4 unspecified atom stereocenters. The molecule has 4 fully saturated rings. The first kappa shape index (κ1) is 28.3. The molecule has 2 aromatic heterocycles. The lowest BCUT2D eigenvalue weighted by atomic mass is 9.80. The Balaban J connectivity index is 1.44. The number of hydrogen-bond donors (Lipinski definition) is 3. The fraction of sp³-hybridized carbons (Fsp3) is 0.389. The van der Waals surface area contributed by atoms with Crippen molar-refractivity contribution in [2.75, 3.05) is 26.7 Å². The number of likely N-dealkylation sites (tertiary alicyclic amines) is 1. The van der Waals surface area contributed by atoms with Crippen molar-refractivity contribution in [3.63, 3.8) is 0 Å². The quantitative estimate of drug-likeness (QED) is 0.210. The van der Waals surface area contributed by atoms with Gasteiger partial charge in [-0.05, 0) is 85.8 Å². The summed E-state index contributed by atoms with van der Waals surface area (Å²) in [5.41, 5.74) is 2.90. The molecule has 45 heavy (non-hydrogen) atoms. The molecule has 5 heterocycles. The molecule has 9 rings (SSSR count). The predicted octanol–water partition coefficient (Wildman–Crippen LogP) is 5.98. The number of likely N-dealkylation sites (N-methyl/N-ethyl adjacent to an activating group) is 1. The van der Waals surface area contributed by atoms with Crippen LogP contribution in [-0.4, -0.2) is 63.5 Å². The largest absolute Gasteiger partial charge is 0.508 e. The Hall–Kier alpha value is -4.23. The molecule has 3 N–H and O–H groups in total. The Kier molecular flexibility index (Phi) is 6.71. The lowest BCUT2D eigenvalue weighted by Crippen LogP contribution is -2.38. The maximum Gasteiger partial charge on any atom is 0.224 e. The third kappa shape index (κ3) is 4.31. The molecule has 5 aromatic rings. The lowest BCUT2D eigenvalue weighted by Gasteiger charge is -2.36. The Labute approximate surface area is 260 Å². The van der Waals surface area contributed by atoms with Crippen LogP contribution in [0.5, 0.6) is 11.6 Å². The number of benzene rings is 3. The van der Waals surface area contributed by atoms with Crippen LogP contribution in [0.3, 0.4) is 0 Å². The van der Waals surface area contributed by atoms with E-state index in [1.165, 1.54) is 0 Å². The van der Waals surface area contributed by atoms with Gasteiger partial charge < -0.3 is 29.7 Å². The molecule has 3 aromatic carbocycles. The monoisotopic (exact) mass is 605 g/mol. The molecular weight excluding hydrogens is 569 g/mol. The maximum atomic E-state index is 17.4. The van der Waals surface area contributed by atoms with Gasteiger partial charge >= 0.3 is 0 Å². The zero-order chi connectivity index (χ0) is 31.0. The van der Waals surface area contributed by atoms with Gasteiger partial charge in [0.25, 0.3) is 0 Å². The number of ether oxygens (including phenoxy) is 1. The van der Waals surface area contributed by atoms with Crippen molar-refractivity contribution >= 4 is 32.6 Å². The highest BCUT2D eigenvalue weighted by Crippen LogP contribution is 2.49. The number of nitrogens with zero attached hydrogens (tertiary/aromatic N) is 4. The molecule has 8 nitrogen and oxygen atoms in total. The first-order valence-electron chi connectivity index (χ1n) is 15.9. The van der Waals surface area contributed by atoms with Gasteiger partial charge in [-0.2, -0.15) is 5.26 Å². The molecule has 0 spiro atoms. The minimum Gasteiger partial charge on any atom is -0.508 e. The molecule has 4 aliphatic rings. The number of aromatic nitrogens is 2. The molecule has 1 aliphatic carbocycles. The number of pyridine rings is 1. The van der Waals surface area contributed by atoms with Gasteiger partial charge in [0.05, 0.1) is 35.5 Å². The Morgan fingerprint density at radius 3 is 2.78 bits per heavy atom. The second-order valence-electron chi connectivity index (χ2n) is 13.1. The average molecular weight is 606 g/mol. The molecule has 0 radical (unpaired) electrons. The van der Waals surface area contributed by atoms with Crippen LogP contribution in [0, 0.1) is 23.1 Å². The van der Waals surface area contributed by atoms with Gasteiger partial charge in [-0.25, -0.2) is 9.37 Å². The van der Waals surface area contributed by atoms with E-state index in [2.05, 4.69) is 27.9 Å². The van der Waals surface area contributed by atoms with Gasteiger partial charge in [0.1, 0.15) is 17.9 Å². The van der Waals surface area contributed by atoms with Crippen molar-refractivity contribution in [2.45, 2.75) is 56.8 Å². The second-order valence-corrected chi connectivity index (χ2v) is 13.1. The van der Waals surface area contributed by atoms with Crippen molar-refractivity contribution in [3.05, 3.63) is 65.6 Å². The highest BCUT2D eigenvalue weighted by atomic mass is 19.1. The summed E-state index contributed by atoms with van der Waals surface area (Å²) in [5.74, 6) is -0.436. The first-order chi connectivity index (χ1) is 21.9. The molecule has 0 amide bonds. The molecule has 3 aliphatic heterocycles. The Morgan fingerprint density at radius 2 is 2.07 bits per heavy atom. The van der Waals surface area contributed by atoms with E-state index in [4.69, 9.17) is 9.72 Å². The van der Waals surface area contributed by atoms with Gasteiger partial charge in [-0.3, -0.25) is 0 Å². The smallest absolute Gasteiger partial charge is 0.224 e. The van der Waals surface area contributed by atoms with Crippen LogP contribution >= 0.6 is 0 Å². The van der Waals surface area contributed by atoms with Gasteiger partial charge in [0.15, 0.2) is 5.82 Å². The summed E-state index contributed by atoms with van der Waals surface area (Å²) in [6.07, 6.45) is 5.17. The van der Waals surface area contributed by atoms with Crippen LogP contribution in [-0.2, 0) is 6.61 Å². The normalized spacial score (nSPS) is 23.5. The number of aliphatic hydroxyl groups excluding tert-OH is 1. The summed E-state index contributed by atoms with van der Waals surface area (Å²) in [7, 11) is 2.09. The van der Waals surface area contributed by atoms with E-state index in [1.807, 2.05) is 36.5 Å². The average Bonchev–Trinajstić information content (AvgIpc) is 3.84. The van der Waals surface area contributed by atoms with Crippen molar-refractivity contribution in [2.24, 2.45) is 5.92 Å². The highest BCUT2D eigenvalue weighted by molar-refractivity contribution is 6.10. The number of fused-ring (bicyclic) bond motifs is 5. The summed E-state index contributed by atoms with van der Waals surface area (Å²) in [5, 5.41) is 37.8. The summed E-state index contributed by atoms with van der Waals surface area (Å²) >= 11 is 0. The van der Waals surface area contributed by atoms with Crippen molar-refractivity contribution in [1.29, 1.82) is 5.26 Å². The molecule has 1 saturated carbocycles. The van der Waals surface area contributed by atoms with Crippen LogP contribution in [0.25, 0.3) is 43.7 Å². The fourth-order valence-corrected chi connectivity index (χ4v) is 8.08. The SMILES string of the molecule is CC(C#N)c1cc2c(nc(OC[C@@H]3CCCN3C)c3c(CO)cn(C4C5CNC4C5)c32)c(F)c1-c1cc(O)cc2ccccc12. The van der Waals surface area contributed by atoms with Crippen molar-refractivity contribution in [1.82, 2.24) is 19.8 Å². The number of nitriles is 1. The topological polar surface area (TPSA) is 107 Å². The van der Waals surface area contributed by atoms with Crippen LogP contribution < -0.4 is 10.1 Å². The van der Waals surface area contributed by atoms with Gasteiger partial charge in [0.2, 0.25) is 5.88 Å². The number of hydrogen-bond acceptors (Lipinski definition) is 7. The number of aliphatic hydroxyl groups is 1. The van der Waals surface area contributed by atoms with Crippen LogP contribution in [0.4, 0.5) is 4.39 Å². The van der Waals surface area contributed by atoms with E-state index in [9.17, 15) is 15.5 Å². The number of phenols is 1. The Morgan fingerprint density at radius 1 is 1.22 bits per heavy atom. The minimum absolute atomic E-state index is 0.0151. The number of halogens is 1. The molecule has 230 valence electrons. The predicted molar refractivity (Wildman–Crippen MR) is 172 cm³/mol. The zero-order valence-corrected chi connectivity index (χ0v) is 25.4. The van der Waals surface area contributed by atoms with Crippen LogP contribution in [0.1, 0.15) is 49.3 Å². The first-order valence-corrected chi connectivity index (χ1v) is 15.9. The molecule has 2 bridgehead atoms. The Bertz CT molecular complexity index is 2020. The third-order valence-corrected chi connectivity index (χ3v) is 10.5. The standard InChI is InChI=1S/C36H36FN5O3/c1-19(14-38)26-13-28-33(32(37)31(26)27-12-24(44)10-20-6-3-4-8-25(20)27)40-36(45-18-23-7-5-9-41(23)2)30-22(17-43)16-42(35(28)30)34-21-11-29(34)39-15-21/h3-4,6,8,10,12-13,16,19,21,23,29,34,39,43-44H,5,7,9,11,15,17-18H2,1-2H3/t19?,21?,23-,29?,34?/m0/s1. The van der Waals surface area contributed by atoms with Gasteiger partial charge in [0, 0.05) is 41.3 Å². The summed E-state index contributed by atoms with van der Waals surface area (Å²) in [6.45, 7) is 3.89. The summed E-state index contributed by atoms with van der Waals surface area (Å²) in [4.78, 5) is 7.15. The highest BCUT2D eigenvalue weighted by Gasteiger charge is 2.48. The molecular formula is C36H36FN5O3. The van der Waals surface area contributed by atoms with Crippen molar-refractivity contribution < 1.29 is 19.3 Å². The second kappa shape index (κ2) is 10.7. The van der Waals surface area contributed by atoms with Crippen LogP contribution in [0.2, 0.25) is 0 Å². The number of phenolic OH excluding ortho intramolecular Hbond substituents is 1. The number of nitrogens with one attached hydrogen (secondary N) is 1. The zero-order valence-electron chi connectivity index (χ0n) is 25.4. The van der Waals surface area contributed by atoms with E-state index in [0.29, 0.717) is 51.9 Å². The van der Waals surface area contributed by atoms with E-state index < -0.39 is 11.7 Å². The van der Waals surface area contributed by atoms with Gasteiger partial charge in [-0.1, -0.05) is 24.3 Å². The molecule has 9 heteroatoms. The van der Waals surface area contributed by atoms with Gasteiger partial charge in [-0.15, -0.1) is 0 Å². The minimum atomic E-state index is -0.647. The summed E-state index contributed by atoms with van der Waals surface area (Å²) < 4.78 is 26.0. The van der Waals surface area contributed by atoms with Crippen LogP contribution in [0.15, 0.2) is 48.7 Å². The summed E-state index contributed by atoms with van der Waals surface area (Å²) in [6, 6.07) is 15.7. The van der Waals surface area contributed by atoms with E-state index in [-0.39, 0.29) is 35.5 Å². The third-order valence-electron chi connectivity index (χ3n) is 10.5. The van der Waals surface area contributed by atoms with E-state index >= 15 is 4.39 Å². The molecule has 3 saturated heterocycles.